The predicted molar refractivity (Wildman–Crippen MR) is 90.1 cm³/mol. The molecule has 2 aromatic carbocycles. The average Bonchev–Trinajstić information content (AvgIpc) is 2.53. The molecular formula is C19H20N2O2. The minimum Gasteiger partial charge on any atom is -0.352 e. The van der Waals surface area contributed by atoms with Crippen molar-refractivity contribution in [3.8, 4) is 0 Å². The lowest BCUT2D eigenvalue weighted by atomic mass is 10.0. The highest BCUT2D eigenvalue weighted by Gasteiger charge is 2.14. The van der Waals surface area contributed by atoms with E-state index in [0.29, 0.717) is 19.4 Å². The van der Waals surface area contributed by atoms with Crippen LogP contribution in [0.1, 0.15) is 28.7 Å². The summed E-state index contributed by atoms with van der Waals surface area (Å²) in [4.78, 5) is 23.4. The summed E-state index contributed by atoms with van der Waals surface area (Å²) in [5, 5.41) is 5.82. The molecule has 2 aromatic rings. The maximum absolute atomic E-state index is 12.1. The smallest absolute Gasteiger partial charge is 0.224 e. The summed E-state index contributed by atoms with van der Waals surface area (Å²) >= 11 is 0. The first kappa shape index (κ1) is 15.3. The molecule has 2 amide bonds. The molecular weight excluding hydrogens is 288 g/mol. The molecule has 0 saturated carbocycles. The number of rotatable bonds is 4. The summed E-state index contributed by atoms with van der Waals surface area (Å²) in [6.45, 7) is 2.53. The van der Waals surface area contributed by atoms with Crippen molar-refractivity contribution in [1.29, 1.82) is 0 Å². The van der Waals surface area contributed by atoms with Crippen molar-refractivity contribution in [2.75, 3.05) is 5.32 Å². The molecule has 2 N–H and O–H groups in total. The second kappa shape index (κ2) is 6.65. The van der Waals surface area contributed by atoms with Crippen LogP contribution in [0.3, 0.4) is 0 Å². The Hall–Kier alpha value is -2.62. The fraction of sp³-hybridized carbons (Fsp3) is 0.263. The number of carbonyl (C=O) groups is 2. The highest BCUT2D eigenvalue weighted by atomic mass is 16.2. The molecule has 0 aromatic heterocycles. The Morgan fingerprint density at radius 3 is 2.83 bits per heavy atom. The van der Waals surface area contributed by atoms with Gasteiger partial charge in [-0.3, -0.25) is 9.59 Å². The number of hydrogen-bond donors (Lipinski definition) is 2. The van der Waals surface area contributed by atoms with Crippen molar-refractivity contribution in [2.24, 2.45) is 0 Å². The number of carbonyl (C=O) groups excluding carboxylic acids is 2. The number of nitrogens with one attached hydrogen (secondary N) is 2. The second-order valence-electron chi connectivity index (χ2n) is 5.98. The van der Waals surface area contributed by atoms with Crippen molar-refractivity contribution in [3.63, 3.8) is 0 Å². The molecule has 0 spiro atoms. The quantitative estimate of drug-likeness (QED) is 0.912. The van der Waals surface area contributed by atoms with Gasteiger partial charge in [-0.2, -0.15) is 0 Å². The summed E-state index contributed by atoms with van der Waals surface area (Å²) in [6, 6.07) is 13.9. The number of fused-ring (bicyclic) bond motifs is 1. The lowest BCUT2D eigenvalue weighted by molar-refractivity contribution is -0.120. The molecule has 4 nitrogen and oxygen atoms in total. The zero-order valence-corrected chi connectivity index (χ0v) is 13.2. The van der Waals surface area contributed by atoms with E-state index in [-0.39, 0.29) is 11.8 Å². The van der Waals surface area contributed by atoms with Gasteiger partial charge >= 0.3 is 0 Å². The van der Waals surface area contributed by atoms with E-state index >= 15 is 0 Å². The van der Waals surface area contributed by atoms with Gasteiger partial charge in [0.1, 0.15) is 0 Å². The molecule has 0 radical (unpaired) electrons. The van der Waals surface area contributed by atoms with Crippen LogP contribution in [0.2, 0.25) is 0 Å². The van der Waals surface area contributed by atoms with Crippen LogP contribution in [0.15, 0.2) is 42.5 Å². The Balaban J connectivity index is 1.58. The van der Waals surface area contributed by atoms with Crippen LogP contribution in [0.25, 0.3) is 0 Å². The first-order valence-electron chi connectivity index (χ1n) is 7.84. The lowest BCUT2D eigenvalue weighted by Crippen LogP contribution is -2.25. The van der Waals surface area contributed by atoms with E-state index in [4.69, 9.17) is 0 Å². The molecule has 1 aliphatic heterocycles. The molecule has 0 saturated heterocycles. The van der Waals surface area contributed by atoms with Crippen molar-refractivity contribution in [1.82, 2.24) is 5.32 Å². The third kappa shape index (κ3) is 3.97. The van der Waals surface area contributed by atoms with Gasteiger partial charge in [-0.05, 0) is 36.1 Å². The second-order valence-corrected chi connectivity index (χ2v) is 5.98. The van der Waals surface area contributed by atoms with Crippen LogP contribution in [0.5, 0.6) is 0 Å². The zero-order chi connectivity index (χ0) is 16.2. The van der Waals surface area contributed by atoms with Gasteiger partial charge in [0, 0.05) is 18.7 Å². The first-order valence-corrected chi connectivity index (χ1v) is 7.84. The highest BCUT2D eigenvalue weighted by molar-refractivity contribution is 5.93. The number of benzene rings is 2. The Morgan fingerprint density at radius 2 is 2.00 bits per heavy atom. The summed E-state index contributed by atoms with van der Waals surface area (Å²) in [5.74, 6) is 0.0818. The van der Waals surface area contributed by atoms with E-state index in [0.717, 1.165) is 34.4 Å². The Bertz CT molecular complexity index is 753. The van der Waals surface area contributed by atoms with Gasteiger partial charge in [0.05, 0.1) is 6.42 Å². The fourth-order valence-corrected chi connectivity index (χ4v) is 2.82. The summed E-state index contributed by atoms with van der Waals surface area (Å²) < 4.78 is 0. The third-order valence-electron chi connectivity index (χ3n) is 4.00. The van der Waals surface area contributed by atoms with Crippen LogP contribution in [-0.4, -0.2) is 11.8 Å². The monoisotopic (exact) mass is 308 g/mol. The van der Waals surface area contributed by atoms with Gasteiger partial charge in [0.15, 0.2) is 0 Å². The standard InChI is InChI=1S/C19H20N2O2/c1-13-3-2-4-14(9-13)11-19(23)20-12-15-5-7-17-16(10-15)6-8-18(22)21-17/h2-5,7,9-10H,6,8,11-12H2,1H3,(H,20,23)(H,21,22). The van der Waals surface area contributed by atoms with E-state index < -0.39 is 0 Å². The molecule has 1 aliphatic rings. The first-order chi connectivity index (χ1) is 11.1. The molecule has 118 valence electrons. The van der Waals surface area contributed by atoms with E-state index in [1.807, 2.05) is 43.3 Å². The van der Waals surface area contributed by atoms with Gasteiger partial charge in [-0.15, -0.1) is 0 Å². The minimum absolute atomic E-state index is 0.0154. The maximum atomic E-state index is 12.1. The van der Waals surface area contributed by atoms with Crippen molar-refractivity contribution in [3.05, 3.63) is 64.7 Å². The van der Waals surface area contributed by atoms with Gasteiger partial charge in [0.25, 0.3) is 0 Å². The molecule has 23 heavy (non-hydrogen) atoms. The Kier molecular flexibility index (Phi) is 4.42. The lowest BCUT2D eigenvalue weighted by Gasteiger charge is -2.17. The van der Waals surface area contributed by atoms with Crippen LogP contribution in [0.4, 0.5) is 5.69 Å². The Morgan fingerprint density at radius 1 is 1.13 bits per heavy atom. The average molecular weight is 308 g/mol. The largest absolute Gasteiger partial charge is 0.352 e. The number of aryl methyl sites for hydroxylation is 2. The fourth-order valence-electron chi connectivity index (χ4n) is 2.82. The highest BCUT2D eigenvalue weighted by Crippen LogP contribution is 2.23. The van der Waals surface area contributed by atoms with Crippen LogP contribution < -0.4 is 10.6 Å². The summed E-state index contributed by atoms with van der Waals surface area (Å²) in [5.41, 5.74) is 5.26. The van der Waals surface area contributed by atoms with Gasteiger partial charge < -0.3 is 10.6 Å². The van der Waals surface area contributed by atoms with Crippen molar-refractivity contribution >= 4 is 17.5 Å². The molecule has 1 heterocycles. The summed E-state index contributed by atoms with van der Waals surface area (Å²) in [6.07, 6.45) is 1.67. The normalized spacial score (nSPS) is 13.2. The zero-order valence-electron chi connectivity index (χ0n) is 13.2. The molecule has 0 unspecified atom stereocenters. The molecule has 0 atom stereocenters. The van der Waals surface area contributed by atoms with Crippen LogP contribution in [-0.2, 0) is 29.0 Å². The number of anilines is 1. The maximum Gasteiger partial charge on any atom is 0.224 e. The van der Waals surface area contributed by atoms with Crippen LogP contribution in [0, 0.1) is 6.92 Å². The third-order valence-corrected chi connectivity index (χ3v) is 4.00. The minimum atomic E-state index is 0.0154. The molecule has 3 rings (SSSR count). The molecule has 4 heteroatoms. The summed E-state index contributed by atoms with van der Waals surface area (Å²) in [7, 11) is 0. The van der Waals surface area contributed by atoms with Crippen LogP contribution >= 0.6 is 0 Å². The van der Waals surface area contributed by atoms with Gasteiger partial charge in [-0.25, -0.2) is 0 Å². The SMILES string of the molecule is Cc1cccc(CC(=O)NCc2ccc3c(c2)CCC(=O)N3)c1. The van der Waals surface area contributed by atoms with E-state index in [9.17, 15) is 9.59 Å². The molecule has 0 fully saturated rings. The van der Waals surface area contributed by atoms with Gasteiger partial charge in [-0.1, -0.05) is 42.0 Å². The predicted octanol–water partition coefficient (Wildman–Crippen LogP) is 2.74. The van der Waals surface area contributed by atoms with Gasteiger partial charge in [0.2, 0.25) is 11.8 Å². The van der Waals surface area contributed by atoms with E-state index in [2.05, 4.69) is 16.7 Å². The van der Waals surface area contributed by atoms with Crippen molar-refractivity contribution in [2.45, 2.75) is 32.7 Å². The number of amides is 2. The van der Waals surface area contributed by atoms with E-state index in [1.54, 1.807) is 0 Å². The number of hydrogen-bond acceptors (Lipinski definition) is 2. The molecule has 0 bridgehead atoms. The van der Waals surface area contributed by atoms with Crippen molar-refractivity contribution < 1.29 is 9.59 Å². The molecule has 0 aliphatic carbocycles. The van der Waals surface area contributed by atoms with E-state index in [1.165, 1.54) is 0 Å². The Labute approximate surface area is 135 Å². The topological polar surface area (TPSA) is 58.2 Å².